The number of esters is 1. The second-order valence-corrected chi connectivity index (χ2v) is 8.45. The van der Waals surface area contributed by atoms with E-state index in [4.69, 9.17) is 4.74 Å². The third kappa shape index (κ3) is 4.85. The number of urea groups is 1. The van der Waals surface area contributed by atoms with Crippen molar-refractivity contribution in [1.29, 1.82) is 5.26 Å². The van der Waals surface area contributed by atoms with E-state index in [1.54, 1.807) is 26.0 Å². The number of nitrogens with zero attached hydrogens (tertiary/aromatic N) is 4. The molecule has 0 aliphatic carbocycles. The van der Waals surface area contributed by atoms with E-state index in [0.717, 1.165) is 17.7 Å². The molecule has 0 saturated carbocycles. The van der Waals surface area contributed by atoms with Crippen LogP contribution in [0.5, 0.6) is 0 Å². The normalized spacial score (nSPS) is 16.5. The average Bonchev–Trinajstić information content (AvgIpc) is 3.28. The van der Waals surface area contributed by atoms with Gasteiger partial charge in [0.05, 0.1) is 11.1 Å². The summed E-state index contributed by atoms with van der Waals surface area (Å²) in [6.45, 7) is 3.32. The van der Waals surface area contributed by atoms with Crippen molar-refractivity contribution in [2.45, 2.75) is 26.5 Å². The van der Waals surface area contributed by atoms with E-state index in [-0.39, 0.29) is 29.3 Å². The first-order valence-electron chi connectivity index (χ1n) is 11.3. The fraction of sp³-hybridized carbons (Fsp3) is 0.148. The summed E-state index contributed by atoms with van der Waals surface area (Å²) in [4.78, 5) is 26.1. The van der Waals surface area contributed by atoms with Gasteiger partial charge >= 0.3 is 12.0 Å². The van der Waals surface area contributed by atoms with Crippen molar-refractivity contribution in [1.82, 2.24) is 0 Å². The van der Waals surface area contributed by atoms with Crippen LogP contribution < -0.4 is 5.32 Å². The molecule has 3 aromatic rings. The molecule has 1 heterocycles. The van der Waals surface area contributed by atoms with Crippen LogP contribution in [0.3, 0.4) is 0 Å². The number of carbonyl (C=O) groups excluding carboxylic acids is 2. The Kier molecular flexibility index (Phi) is 7.18. The van der Waals surface area contributed by atoms with Crippen LogP contribution in [-0.4, -0.2) is 22.6 Å². The van der Waals surface area contributed by atoms with E-state index in [0.29, 0.717) is 0 Å². The lowest BCUT2D eigenvalue weighted by Gasteiger charge is -2.27. The molecule has 3 aromatic carbocycles. The topological polar surface area (TPSA) is 104 Å². The van der Waals surface area contributed by atoms with Crippen LogP contribution in [0.15, 0.2) is 88.8 Å². The summed E-state index contributed by atoms with van der Waals surface area (Å²) < 4.78 is 33.3. The van der Waals surface area contributed by atoms with E-state index < -0.39 is 39.8 Å². The SMILES string of the molecule is CC(C)[N+]1(C(=O)Nc2cccc(C(=O)OCc3ccccc3)c2)N=NC(c2c(F)cccc2F)=C1C#N. The first-order valence-corrected chi connectivity index (χ1v) is 11.3. The number of rotatable bonds is 6. The molecule has 0 saturated heterocycles. The maximum absolute atomic E-state index is 14.5. The van der Waals surface area contributed by atoms with Crippen molar-refractivity contribution in [2.24, 2.45) is 10.3 Å². The van der Waals surface area contributed by atoms with E-state index in [2.05, 4.69) is 15.7 Å². The summed E-state index contributed by atoms with van der Waals surface area (Å²) in [6.07, 6.45) is 0. The van der Waals surface area contributed by atoms with Gasteiger partial charge < -0.3 is 4.74 Å². The Labute approximate surface area is 211 Å². The molecule has 1 unspecified atom stereocenters. The van der Waals surface area contributed by atoms with Crippen LogP contribution in [0.4, 0.5) is 19.3 Å². The summed E-state index contributed by atoms with van der Waals surface area (Å²) in [5.41, 5.74) is 0.00359. The Balaban J connectivity index is 1.61. The molecule has 1 N–H and O–H groups in total. The van der Waals surface area contributed by atoms with Crippen LogP contribution in [0.2, 0.25) is 0 Å². The largest absolute Gasteiger partial charge is 0.457 e. The smallest absolute Gasteiger partial charge is 0.455 e. The van der Waals surface area contributed by atoms with Crippen LogP contribution in [0.1, 0.15) is 35.3 Å². The van der Waals surface area contributed by atoms with Crippen LogP contribution in [-0.2, 0) is 11.3 Å². The molecule has 0 aromatic heterocycles. The molecule has 2 amide bonds. The molecule has 1 atom stereocenters. The van der Waals surface area contributed by atoms with Crippen molar-refractivity contribution >= 4 is 23.4 Å². The molecule has 4 rings (SSSR count). The predicted octanol–water partition coefficient (Wildman–Crippen LogP) is 6.35. The average molecular weight is 503 g/mol. The maximum Gasteiger partial charge on any atom is 0.455 e. The molecule has 37 heavy (non-hydrogen) atoms. The fourth-order valence-electron chi connectivity index (χ4n) is 3.87. The van der Waals surface area contributed by atoms with Gasteiger partial charge in [-0.25, -0.2) is 18.4 Å². The summed E-state index contributed by atoms with van der Waals surface area (Å²) in [5, 5.41) is 20.4. The number of carbonyl (C=O) groups is 2. The first kappa shape index (κ1) is 25.3. The van der Waals surface area contributed by atoms with Crippen LogP contribution in [0, 0.1) is 23.0 Å². The van der Waals surface area contributed by atoms with Crippen molar-refractivity contribution in [3.05, 3.63) is 107 Å². The van der Waals surface area contributed by atoms with Crippen LogP contribution >= 0.6 is 0 Å². The third-order valence-corrected chi connectivity index (χ3v) is 5.78. The number of quaternary nitrogens is 1. The van der Waals surface area contributed by atoms with Crippen molar-refractivity contribution < 1.29 is 27.7 Å². The predicted molar refractivity (Wildman–Crippen MR) is 130 cm³/mol. The number of ether oxygens (including phenoxy) is 1. The highest BCUT2D eigenvalue weighted by atomic mass is 19.1. The third-order valence-electron chi connectivity index (χ3n) is 5.78. The van der Waals surface area contributed by atoms with Crippen molar-refractivity contribution in [3.63, 3.8) is 0 Å². The Hall–Kier alpha value is -4.75. The summed E-state index contributed by atoms with van der Waals surface area (Å²) in [7, 11) is 0. The number of benzene rings is 3. The molecular formula is C27H22F2N5O3+. The monoisotopic (exact) mass is 502 g/mol. The number of nitrogens with one attached hydrogen (secondary N) is 1. The minimum Gasteiger partial charge on any atom is -0.457 e. The standard InChI is InChI=1S/C27H21F2N5O3/c1-17(2)34(23(15-30)25(32-33-34)24-21(28)12-7-13-22(24)29)27(36)31-20-11-6-10-19(14-20)26(35)37-16-18-8-4-3-5-9-18/h3-14,17H,16H2,1-2H3/p+1. The second-order valence-electron chi connectivity index (χ2n) is 8.45. The van der Waals surface area contributed by atoms with Gasteiger partial charge in [-0.3, -0.25) is 5.32 Å². The van der Waals surface area contributed by atoms with Gasteiger partial charge in [0.1, 0.15) is 24.3 Å². The summed E-state index contributed by atoms with van der Waals surface area (Å²) in [6, 6.07) is 18.9. The summed E-state index contributed by atoms with van der Waals surface area (Å²) in [5.74, 6) is -2.47. The highest BCUT2D eigenvalue weighted by Crippen LogP contribution is 2.40. The second kappa shape index (κ2) is 10.5. The van der Waals surface area contributed by atoms with E-state index >= 15 is 0 Å². The lowest BCUT2D eigenvalue weighted by molar-refractivity contribution is -0.835. The first-order chi connectivity index (χ1) is 17.8. The molecule has 0 fully saturated rings. The molecule has 1 aliphatic heterocycles. The van der Waals surface area contributed by atoms with Gasteiger partial charge in [-0.15, -0.1) is 0 Å². The molecule has 10 heteroatoms. The summed E-state index contributed by atoms with van der Waals surface area (Å²) >= 11 is 0. The number of nitriles is 1. The van der Waals surface area contributed by atoms with Gasteiger partial charge in [0.15, 0.2) is 11.8 Å². The lowest BCUT2D eigenvalue weighted by atomic mass is 10.1. The van der Waals surface area contributed by atoms with Gasteiger partial charge in [-0.1, -0.05) is 52.2 Å². The number of anilines is 1. The molecule has 8 nitrogen and oxygen atoms in total. The van der Waals surface area contributed by atoms with E-state index in [1.807, 2.05) is 36.4 Å². The van der Waals surface area contributed by atoms with E-state index in [9.17, 15) is 23.6 Å². The Morgan fingerprint density at radius 1 is 1.03 bits per heavy atom. The quantitative estimate of drug-likeness (QED) is 0.313. The number of amides is 2. The molecule has 0 bridgehead atoms. The lowest BCUT2D eigenvalue weighted by Crippen LogP contribution is -2.53. The minimum atomic E-state index is -0.970. The van der Waals surface area contributed by atoms with Gasteiger partial charge in [0.25, 0.3) is 5.70 Å². The zero-order chi connectivity index (χ0) is 26.6. The number of hydrogen-bond acceptors (Lipinski definition) is 6. The minimum absolute atomic E-state index is 0.0791. The van der Waals surface area contributed by atoms with Gasteiger partial charge in [-0.05, 0) is 49.7 Å². The number of allylic oxidation sites excluding steroid dienone is 1. The van der Waals surface area contributed by atoms with Crippen LogP contribution in [0.25, 0.3) is 5.70 Å². The fourth-order valence-corrected chi connectivity index (χ4v) is 3.87. The van der Waals surface area contributed by atoms with Crippen molar-refractivity contribution in [3.8, 4) is 6.07 Å². The van der Waals surface area contributed by atoms with Gasteiger partial charge in [0.2, 0.25) is 0 Å². The molecular weight excluding hydrogens is 480 g/mol. The van der Waals surface area contributed by atoms with Gasteiger partial charge in [-0.2, -0.15) is 5.26 Å². The zero-order valence-electron chi connectivity index (χ0n) is 20.0. The maximum atomic E-state index is 14.5. The van der Waals surface area contributed by atoms with Crippen molar-refractivity contribution in [2.75, 3.05) is 5.32 Å². The molecule has 0 spiro atoms. The molecule has 0 radical (unpaired) electrons. The Morgan fingerprint density at radius 3 is 2.35 bits per heavy atom. The zero-order valence-corrected chi connectivity index (χ0v) is 20.0. The van der Waals surface area contributed by atoms with E-state index in [1.165, 1.54) is 18.2 Å². The highest BCUT2D eigenvalue weighted by molar-refractivity contribution is 5.93. The Morgan fingerprint density at radius 2 is 1.70 bits per heavy atom. The Bertz CT molecular complexity index is 1440. The number of halogens is 2. The molecule has 186 valence electrons. The molecule has 1 aliphatic rings. The number of hydrogen-bond donors (Lipinski definition) is 1. The van der Waals surface area contributed by atoms with Gasteiger partial charge in [0, 0.05) is 10.9 Å². The highest BCUT2D eigenvalue weighted by Gasteiger charge is 2.53.